The van der Waals surface area contributed by atoms with Crippen LogP contribution in [0.1, 0.15) is 6.92 Å². The molecule has 76 valence electrons. The van der Waals surface area contributed by atoms with Gasteiger partial charge in [0.15, 0.2) is 12.3 Å². The van der Waals surface area contributed by atoms with Crippen molar-refractivity contribution in [1.82, 2.24) is 0 Å². The maximum atomic E-state index is 12.5. The Bertz CT molecular complexity index is 215. The van der Waals surface area contributed by atoms with Gasteiger partial charge in [0.1, 0.15) is 0 Å². The molecule has 2 nitrogen and oxygen atoms in total. The third-order valence-corrected chi connectivity index (χ3v) is 1.29. The average molecular weight is 200 g/mol. The van der Waals surface area contributed by atoms with Crippen molar-refractivity contribution in [3.05, 3.63) is 11.6 Å². The Balaban J connectivity index is 4.36. The van der Waals surface area contributed by atoms with Gasteiger partial charge in [0.05, 0.1) is 0 Å². The van der Waals surface area contributed by atoms with Crippen LogP contribution in [0.25, 0.3) is 0 Å². The molecule has 0 fully saturated rings. The van der Waals surface area contributed by atoms with Crippen LogP contribution in [0.3, 0.4) is 0 Å². The summed E-state index contributed by atoms with van der Waals surface area (Å²) >= 11 is 0. The van der Waals surface area contributed by atoms with Crippen molar-refractivity contribution < 1.29 is 27.5 Å². The van der Waals surface area contributed by atoms with Crippen LogP contribution in [0.5, 0.6) is 0 Å². The molecule has 0 spiro atoms. The van der Waals surface area contributed by atoms with Crippen LogP contribution in [-0.2, 0) is 4.79 Å². The first-order chi connectivity index (χ1) is 5.86. The smallest absolute Gasteiger partial charge is 0.331 e. The number of rotatable bonds is 4. The zero-order valence-corrected chi connectivity index (χ0v) is 6.68. The van der Waals surface area contributed by atoms with Crippen LogP contribution < -0.4 is 0 Å². The van der Waals surface area contributed by atoms with Gasteiger partial charge in [-0.3, -0.25) is 0 Å². The second-order valence-corrected chi connectivity index (χ2v) is 2.38. The van der Waals surface area contributed by atoms with Crippen molar-refractivity contribution >= 4 is 5.97 Å². The monoisotopic (exact) mass is 200 g/mol. The molecule has 0 saturated heterocycles. The zero-order chi connectivity index (χ0) is 10.6. The van der Waals surface area contributed by atoms with Gasteiger partial charge in [0, 0.05) is 5.57 Å². The minimum absolute atomic E-state index is 0.319. The SMILES string of the molecule is CC(=CC(F)C(F)C(F)F)C(=O)O. The third-order valence-electron chi connectivity index (χ3n) is 1.29. The summed E-state index contributed by atoms with van der Waals surface area (Å²) in [7, 11) is 0. The predicted octanol–water partition coefficient (Wildman–Crippen LogP) is 1.96. The number of hydrogen-bond donors (Lipinski definition) is 1. The molecule has 0 aromatic rings. The molecule has 2 atom stereocenters. The molecule has 0 aliphatic carbocycles. The zero-order valence-electron chi connectivity index (χ0n) is 6.68. The van der Waals surface area contributed by atoms with Gasteiger partial charge < -0.3 is 5.11 Å². The molecule has 6 heteroatoms. The van der Waals surface area contributed by atoms with Crippen LogP contribution in [0.2, 0.25) is 0 Å². The fourth-order valence-corrected chi connectivity index (χ4v) is 0.541. The number of hydrogen-bond acceptors (Lipinski definition) is 1. The third kappa shape index (κ3) is 3.91. The number of aliphatic carboxylic acids is 1. The number of carbonyl (C=O) groups is 1. The molecule has 2 unspecified atom stereocenters. The van der Waals surface area contributed by atoms with Crippen LogP contribution in [-0.4, -0.2) is 29.8 Å². The Labute approximate surface area is 71.9 Å². The fourth-order valence-electron chi connectivity index (χ4n) is 0.541. The van der Waals surface area contributed by atoms with Gasteiger partial charge in [-0.25, -0.2) is 22.4 Å². The quantitative estimate of drug-likeness (QED) is 0.556. The lowest BCUT2D eigenvalue weighted by Gasteiger charge is -2.08. The second kappa shape index (κ2) is 4.84. The van der Waals surface area contributed by atoms with E-state index in [0.717, 1.165) is 6.92 Å². The van der Waals surface area contributed by atoms with Crippen LogP contribution >= 0.6 is 0 Å². The molecule has 0 amide bonds. The number of allylic oxidation sites excluding steroid dienone is 1. The highest BCUT2D eigenvalue weighted by Crippen LogP contribution is 2.15. The summed E-state index contributed by atoms with van der Waals surface area (Å²) in [5.41, 5.74) is -0.504. The largest absolute Gasteiger partial charge is 0.478 e. The molecule has 0 rings (SSSR count). The van der Waals surface area contributed by atoms with Gasteiger partial charge in [-0.1, -0.05) is 0 Å². The highest BCUT2D eigenvalue weighted by molar-refractivity contribution is 5.85. The first-order valence-electron chi connectivity index (χ1n) is 3.34. The molecule has 0 saturated carbocycles. The lowest BCUT2D eigenvalue weighted by atomic mass is 10.2. The summed E-state index contributed by atoms with van der Waals surface area (Å²) < 4.78 is 47.7. The van der Waals surface area contributed by atoms with Gasteiger partial charge in [-0.15, -0.1) is 0 Å². The number of carboxylic acids is 1. The molecular weight excluding hydrogens is 192 g/mol. The topological polar surface area (TPSA) is 37.3 Å². The summed E-state index contributed by atoms with van der Waals surface area (Å²) in [6.07, 6.45) is -8.70. The van der Waals surface area contributed by atoms with Crippen LogP contribution in [0, 0.1) is 0 Å². The van der Waals surface area contributed by atoms with E-state index < -0.39 is 30.3 Å². The summed E-state index contributed by atoms with van der Waals surface area (Å²) in [5, 5.41) is 8.21. The molecule has 1 N–H and O–H groups in total. The first-order valence-corrected chi connectivity index (χ1v) is 3.34. The van der Waals surface area contributed by atoms with Gasteiger partial charge in [-0.05, 0) is 13.0 Å². The summed E-state index contributed by atoms with van der Waals surface area (Å²) in [4.78, 5) is 10.1. The summed E-state index contributed by atoms with van der Waals surface area (Å²) in [6.45, 7) is 0.993. The van der Waals surface area contributed by atoms with E-state index in [2.05, 4.69) is 0 Å². The molecule has 0 radical (unpaired) electrons. The molecule has 13 heavy (non-hydrogen) atoms. The fraction of sp³-hybridized carbons (Fsp3) is 0.571. The normalized spacial score (nSPS) is 17.2. The highest BCUT2D eigenvalue weighted by Gasteiger charge is 2.28. The minimum atomic E-state index is -3.45. The average Bonchev–Trinajstić information content (AvgIpc) is 2.02. The molecule has 0 bridgehead atoms. The molecule has 0 heterocycles. The van der Waals surface area contributed by atoms with Crippen LogP contribution in [0.15, 0.2) is 11.6 Å². The van der Waals surface area contributed by atoms with E-state index in [9.17, 15) is 22.4 Å². The van der Waals surface area contributed by atoms with Crippen molar-refractivity contribution in [2.75, 3.05) is 0 Å². The van der Waals surface area contributed by atoms with Crippen molar-refractivity contribution in [3.8, 4) is 0 Å². The van der Waals surface area contributed by atoms with E-state index in [1.54, 1.807) is 0 Å². The van der Waals surface area contributed by atoms with Crippen molar-refractivity contribution in [2.24, 2.45) is 0 Å². The van der Waals surface area contributed by atoms with E-state index in [-0.39, 0.29) is 0 Å². The van der Waals surface area contributed by atoms with Crippen molar-refractivity contribution in [2.45, 2.75) is 25.7 Å². The van der Waals surface area contributed by atoms with Gasteiger partial charge >= 0.3 is 5.97 Å². The second-order valence-electron chi connectivity index (χ2n) is 2.38. The molecule has 0 aromatic heterocycles. The maximum Gasteiger partial charge on any atom is 0.331 e. The lowest BCUT2D eigenvalue weighted by Crippen LogP contribution is -2.24. The molecule has 0 aromatic carbocycles. The van der Waals surface area contributed by atoms with Crippen molar-refractivity contribution in [1.29, 1.82) is 0 Å². The Morgan fingerprint density at radius 2 is 1.77 bits per heavy atom. The number of alkyl halides is 4. The Hall–Kier alpha value is -1.07. The maximum absolute atomic E-state index is 12.5. The predicted molar refractivity (Wildman–Crippen MR) is 37.2 cm³/mol. The van der Waals surface area contributed by atoms with Crippen LogP contribution in [0.4, 0.5) is 17.6 Å². The minimum Gasteiger partial charge on any atom is -0.478 e. The van der Waals surface area contributed by atoms with E-state index in [1.165, 1.54) is 0 Å². The van der Waals surface area contributed by atoms with E-state index >= 15 is 0 Å². The summed E-state index contributed by atoms with van der Waals surface area (Å²) in [5.74, 6) is -1.47. The molecule has 0 aliphatic rings. The number of carboxylic acid groups (broad SMARTS) is 1. The summed E-state index contributed by atoms with van der Waals surface area (Å²) in [6, 6.07) is 0. The van der Waals surface area contributed by atoms with E-state index in [4.69, 9.17) is 5.11 Å². The van der Waals surface area contributed by atoms with Crippen molar-refractivity contribution in [3.63, 3.8) is 0 Å². The Morgan fingerprint density at radius 3 is 2.08 bits per heavy atom. The highest BCUT2D eigenvalue weighted by atomic mass is 19.3. The molecular formula is C7H8F4O2. The number of halogens is 4. The Morgan fingerprint density at radius 1 is 1.31 bits per heavy atom. The van der Waals surface area contributed by atoms with E-state index in [1.807, 2.05) is 0 Å². The van der Waals surface area contributed by atoms with Gasteiger partial charge in [0.2, 0.25) is 0 Å². The molecule has 0 aliphatic heterocycles. The standard InChI is InChI=1S/C7H8F4O2/c1-3(7(12)13)2-4(8)5(9)6(10)11/h2,4-6H,1H3,(H,12,13). The lowest BCUT2D eigenvalue weighted by molar-refractivity contribution is -0.132. The van der Waals surface area contributed by atoms with E-state index in [0.29, 0.717) is 6.08 Å². The van der Waals surface area contributed by atoms with Gasteiger partial charge in [-0.2, -0.15) is 0 Å². The first kappa shape index (κ1) is 11.9. The Kier molecular flexibility index (Phi) is 4.44. The van der Waals surface area contributed by atoms with Gasteiger partial charge in [0.25, 0.3) is 6.43 Å².